The summed E-state index contributed by atoms with van der Waals surface area (Å²) in [4.78, 5) is 25.4. The van der Waals surface area contributed by atoms with Gasteiger partial charge in [-0.3, -0.25) is 9.59 Å². The molecule has 0 unspecified atom stereocenters. The van der Waals surface area contributed by atoms with E-state index in [9.17, 15) is 9.59 Å². The number of methoxy groups -OCH3 is 1. The number of hydrogen-bond acceptors (Lipinski definition) is 4. The molecule has 0 spiro atoms. The Kier molecular flexibility index (Phi) is 6.83. The van der Waals surface area contributed by atoms with E-state index in [1.165, 1.54) is 4.90 Å². The highest BCUT2D eigenvalue weighted by Gasteiger charge is 2.13. The third-order valence-electron chi connectivity index (χ3n) is 3.51. The number of nitrogens with zero attached hydrogens (tertiary/aromatic N) is 1. The smallest absolute Gasteiger partial charge is 0.243 e. The summed E-state index contributed by atoms with van der Waals surface area (Å²) in [6.07, 6.45) is 0.210. The third kappa shape index (κ3) is 6.18. The van der Waals surface area contributed by atoms with Crippen LogP contribution in [0.25, 0.3) is 0 Å². The molecule has 0 aliphatic heterocycles. The largest absolute Gasteiger partial charge is 0.497 e. The summed E-state index contributed by atoms with van der Waals surface area (Å²) in [5.74, 6) is 1.02. The predicted molar refractivity (Wildman–Crippen MR) is 95.8 cm³/mol. The lowest BCUT2D eigenvalue weighted by atomic mass is 10.3. The van der Waals surface area contributed by atoms with E-state index in [1.54, 1.807) is 38.4 Å². The molecule has 2 aromatic rings. The van der Waals surface area contributed by atoms with E-state index in [4.69, 9.17) is 9.47 Å². The molecule has 6 nitrogen and oxygen atoms in total. The number of carbonyl (C=O) groups excluding carboxylic acids is 2. The first kappa shape index (κ1) is 18.3. The Morgan fingerprint density at radius 3 is 2.32 bits per heavy atom. The normalized spacial score (nSPS) is 10.0. The number of ether oxygens (including phenoxy) is 2. The van der Waals surface area contributed by atoms with E-state index in [2.05, 4.69) is 5.32 Å². The average molecular weight is 342 g/mol. The molecule has 1 N–H and O–H groups in total. The van der Waals surface area contributed by atoms with Crippen LogP contribution >= 0.6 is 0 Å². The Morgan fingerprint density at radius 1 is 1.00 bits per heavy atom. The van der Waals surface area contributed by atoms with E-state index in [0.29, 0.717) is 11.4 Å². The van der Waals surface area contributed by atoms with Crippen LogP contribution in [0.5, 0.6) is 11.5 Å². The van der Waals surface area contributed by atoms with Gasteiger partial charge in [-0.25, -0.2) is 0 Å². The van der Waals surface area contributed by atoms with Gasteiger partial charge >= 0.3 is 0 Å². The van der Waals surface area contributed by atoms with Crippen LogP contribution in [0.2, 0.25) is 0 Å². The number of hydrogen-bond donors (Lipinski definition) is 1. The molecule has 0 heterocycles. The molecular formula is C19H22N2O4. The zero-order valence-electron chi connectivity index (χ0n) is 14.4. The molecule has 2 amide bonds. The maximum Gasteiger partial charge on any atom is 0.243 e. The lowest BCUT2D eigenvalue weighted by molar-refractivity contribution is -0.133. The Labute approximate surface area is 147 Å². The Bertz CT molecular complexity index is 686. The molecule has 0 radical (unpaired) electrons. The molecule has 2 aromatic carbocycles. The Morgan fingerprint density at radius 2 is 1.68 bits per heavy atom. The highest BCUT2D eigenvalue weighted by atomic mass is 16.5. The van der Waals surface area contributed by atoms with Crippen molar-refractivity contribution < 1.29 is 19.1 Å². The maximum absolute atomic E-state index is 12.1. The predicted octanol–water partition coefficient (Wildman–Crippen LogP) is 2.56. The molecule has 0 aliphatic rings. The fourth-order valence-corrected chi connectivity index (χ4v) is 2.14. The molecule has 6 heteroatoms. The maximum atomic E-state index is 12.1. The molecule has 132 valence electrons. The number of anilines is 1. The second-order valence-electron chi connectivity index (χ2n) is 5.44. The van der Waals surface area contributed by atoms with E-state index in [0.717, 1.165) is 5.75 Å². The van der Waals surface area contributed by atoms with Gasteiger partial charge in [0.15, 0.2) is 0 Å². The summed E-state index contributed by atoms with van der Waals surface area (Å²) >= 11 is 0. The van der Waals surface area contributed by atoms with Crippen molar-refractivity contribution in [3.8, 4) is 11.5 Å². The van der Waals surface area contributed by atoms with Gasteiger partial charge < -0.3 is 19.7 Å². The quantitative estimate of drug-likeness (QED) is 0.801. The number of carbonyl (C=O) groups is 2. The third-order valence-corrected chi connectivity index (χ3v) is 3.51. The van der Waals surface area contributed by atoms with E-state index in [-0.39, 0.29) is 31.4 Å². The van der Waals surface area contributed by atoms with E-state index >= 15 is 0 Å². The fraction of sp³-hybridized carbons (Fsp3) is 0.263. The van der Waals surface area contributed by atoms with E-state index in [1.807, 2.05) is 30.3 Å². The highest BCUT2D eigenvalue weighted by molar-refractivity contribution is 5.94. The first-order valence-corrected chi connectivity index (χ1v) is 7.94. The molecule has 0 bridgehead atoms. The number of likely N-dealkylation sites (N-methyl/N-ethyl adjacent to an activating group) is 1. The summed E-state index contributed by atoms with van der Waals surface area (Å²) in [6, 6.07) is 16.3. The minimum atomic E-state index is -0.259. The molecule has 0 atom stereocenters. The van der Waals surface area contributed by atoms with Crippen molar-refractivity contribution in [3.05, 3.63) is 54.6 Å². The standard InChI is InChI=1S/C19H22N2O4/c1-21(19(23)12-13-25-17-6-4-3-5-7-17)14-18(22)20-15-8-10-16(24-2)11-9-15/h3-11H,12-14H2,1-2H3,(H,20,22). The summed E-state index contributed by atoms with van der Waals surface area (Å²) in [5, 5.41) is 2.74. The average Bonchev–Trinajstić information content (AvgIpc) is 2.63. The zero-order chi connectivity index (χ0) is 18.1. The van der Waals surface area contributed by atoms with Gasteiger partial charge in [0, 0.05) is 12.7 Å². The molecule has 0 saturated carbocycles. The molecule has 2 rings (SSSR count). The second-order valence-corrected chi connectivity index (χ2v) is 5.44. The summed E-state index contributed by atoms with van der Waals surface area (Å²) in [5.41, 5.74) is 0.652. The minimum absolute atomic E-state index is 0.0177. The van der Waals surface area contributed by atoms with Crippen molar-refractivity contribution in [2.24, 2.45) is 0 Å². The molecule has 0 aliphatic carbocycles. The van der Waals surface area contributed by atoms with Crippen LogP contribution in [0.3, 0.4) is 0 Å². The number of rotatable bonds is 8. The van der Waals surface area contributed by atoms with Gasteiger partial charge in [-0.15, -0.1) is 0 Å². The lowest BCUT2D eigenvalue weighted by Crippen LogP contribution is -2.35. The van der Waals surface area contributed by atoms with Crippen molar-refractivity contribution >= 4 is 17.5 Å². The van der Waals surface area contributed by atoms with Gasteiger partial charge in [-0.05, 0) is 36.4 Å². The van der Waals surface area contributed by atoms with Crippen molar-refractivity contribution in [2.45, 2.75) is 6.42 Å². The number of amides is 2. The van der Waals surface area contributed by atoms with Crippen molar-refractivity contribution in [1.82, 2.24) is 4.90 Å². The SMILES string of the molecule is COc1ccc(NC(=O)CN(C)C(=O)CCOc2ccccc2)cc1. The molecule has 0 fully saturated rings. The fourth-order valence-electron chi connectivity index (χ4n) is 2.14. The second kappa shape index (κ2) is 9.32. The van der Waals surface area contributed by atoms with Gasteiger partial charge in [0.05, 0.1) is 26.7 Å². The minimum Gasteiger partial charge on any atom is -0.497 e. The Hall–Kier alpha value is -3.02. The van der Waals surface area contributed by atoms with Crippen molar-refractivity contribution in [1.29, 1.82) is 0 Å². The molecule has 0 aromatic heterocycles. The lowest BCUT2D eigenvalue weighted by Gasteiger charge is -2.17. The number of benzene rings is 2. The summed E-state index contributed by atoms with van der Waals surface area (Å²) < 4.78 is 10.6. The van der Waals surface area contributed by atoms with Crippen LogP contribution < -0.4 is 14.8 Å². The summed E-state index contributed by atoms with van der Waals surface area (Å²) in [6.45, 7) is 0.253. The zero-order valence-corrected chi connectivity index (χ0v) is 14.4. The van der Waals surface area contributed by atoms with Crippen molar-refractivity contribution in [2.75, 3.05) is 32.6 Å². The van der Waals surface area contributed by atoms with Crippen LogP contribution in [-0.2, 0) is 9.59 Å². The Balaban J connectivity index is 1.72. The first-order chi connectivity index (χ1) is 12.1. The van der Waals surface area contributed by atoms with Gasteiger partial charge in [0.2, 0.25) is 11.8 Å². The molecule has 0 saturated heterocycles. The molecule has 25 heavy (non-hydrogen) atoms. The summed E-state index contributed by atoms with van der Waals surface area (Å²) in [7, 11) is 3.17. The number of nitrogens with one attached hydrogen (secondary N) is 1. The van der Waals surface area contributed by atoms with Crippen molar-refractivity contribution in [3.63, 3.8) is 0 Å². The first-order valence-electron chi connectivity index (χ1n) is 7.94. The van der Waals surface area contributed by atoms with Gasteiger partial charge in [-0.2, -0.15) is 0 Å². The van der Waals surface area contributed by atoms with Crippen LogP contribution in [0.1, 0.15) is 6.42 Å². The molecular weight excluding hydrogens is 320 g/mol. The van der Waals surface area contributed by atoms with Gasteiger partial charge in [0.25, 0.3) is 0 Å². The monoisotopic (exact) mass is 342 g/mol. The van der Waals surface area contributed by atoms with Gasteiger partial charge in [-0.1, -0.05) is 18.2 Å². The van der Waals surface area contributed by atoms with E-state index < -0.39 is 0 Å². The van der Waals surface area contributed by atoms with Crippen LogP contribution in [0.4, 0.5) is 5.69 Å². The van der Waals surface area contributed by atoms with Gasteiger partial charge in [0.1, 0.15) is 11.5 Å². The highest BCUT2D eigenvalue weighted by Crippen LogP contribution is 2.15. The van der Waals surface area contributed by atoms with Crippen LogP contribution in [0, 0.1) is 0 Å². The van der Waals surface area contributed by atoms with Crippen LogP contribution in [0.15, 0.2) is 54.6 Å². The van der Waals surface area contributed by atoms with Crippen LogP contribution in [-0.4, -0.2) is 44.0 Å². The number of para-hydroxylation sites is 1. The topological polar surface area (TPSA) is 67.9 Å².